The molecule has 1 atom stereocenters. The summed E-state index contributed by atoms with van der Waals surface area (Å²) in [7, 11) is 4.07. The zero-order valence-corrected chi connectivity index (χ0v) is 13.4. The number of rotatable bonds is 4. The highest BCUT2D eigenvalue weighted by Crippen LogP contribution is 2.14. The first-order valence-corrected chi connectivity index (χ1v) is 6.62. The van der Waals surface area contributed by atoms with E-state index >= 15 is 0 Å². The molecule has 0 aliphatic carbocycles. The molecule has 1 aliphatic rings. The smallest absolute Gasteiger partial charge is 0.128 e. The fourth-order valence-electron chi connectivity index (χ4n) is 2.35. The van der Waals surface area contributed by atoms with E-state index in [4.69, 9.17) is 0 Å². The highest BCUT2D eigenvalue weighted by Gasteiger charge is 2.12. The van der Waals surface area contributed by atoms with Crippen molar-refractivity contribution in [1.82, 2.24) is 10.3 Å². The Morgan fingerprint density at radius 2 is 2.05 bits per heavy atom. The van der Waals surface area contributed by atoms with Crippen molar-refractivity contribution in [3.8, 4) is 0 Å². The molecule has 0 saturated carbocycles. The zero-order chi connectivity index (χ0) is 12.1. The molecule has 1 aliphatic heterocycles. The van der Waals surface area contributed by atoms with Crippen molar-refractivity contribution < 1.29 is 0 Å². The van der Waals surface area contributed by atoms with E-state index in [1.54, 1.807) is 0 Å². The summed E-state index contributed by atoms with van der Waals surface area (Å²) >= 11 is 0. The second kappa shape index (κ2) is 9.40. The van der Waals surface area contributed by atoms with Gasteiger partial charge >= 0.3 is 0 Å². The maximum Gasteiger partial charge on any atom is 0.128 e. The molecule has 19 heavy (non-hydrogen) atoms. The van der Waals surface area contributed by atoms with Gasteiger partial charge in [0, 0.05) is 25.8 Å². The lowest BCUT2D eigenvalue weighted by molar-refractivity contribution is 0.382. The van der Waals surface area contributed by atoms with E-state index in [1.165, 1.54) is 37.9 Å². The van der Waals surface area contributed by atoms with Crippen LogP contribution in [-0.4, -0.2) is 31.7 Å². The average molecular weight is 306 g/mol. The number of hydrogen-bond acceptors (Lipinski definition) is 3. The summed E-state index contributed by atoms with van der Waals surface area (Å²) in [6.07, 6.45) is 6.34. The lowest BCUT2D eigenvalue weighted by atomic mass is 9.99. The second-order valence-electron chi connectivity index (χ2n) is 5.07. The van der Waals surface area contributed by atoms with Gasteiger partial charge in [0.05, 0.1) is 0 Å². The number of nitrogens with zero attached hydrogens (tertiary/aromatic N) is 2. The third-order valence-corrected chi connectivity index (χ3v) is 3.41. The second-order valence-corrected chi connectivity index (χ2v) is 5.07. The third-order valence-electron chi connectivity index (χ3n) is 3.41. The summed E-state index contributed by atoms with van der Waals surface area (Å²) in [6.45, 7) is 1.19. The van der Waals surface area contributed by atoms with Gasteiger partial charge in [-0.2, -0.15) is 0 Å². The normalized spacial score (nSPS) is 18.1. The van der Waals surface area contributed by atoms with Gasteiger partial charge in [-0.05, 0) is 44.4 Å². The number of aromatic nitrogens is 1. The van der Waals surface area contributed by atoms with Crippen LogP contribution in [0.2, 0.25) is 0 Å². The van der Waals surface area contributed by atoms with Crippen molar-refractivity contribution in [2.45, 2.75) is 38.1 Å². The summed E-state index contributed by atoms with van der Waals surface area (Å²) in [6, 6.07) is 7.00. The maximum atomic E-state index is 4.65. The van der Waals surface area contributed by atoms with Crippen LogP contribution in [0.5, 0.6) is 0 Å². The van der Waals surface area contributed by atoms with Crippen LogP contribution in [0.15, 0.2) is 18.2 Å². The van der Waals surface area contributed by atoms with Crippen molar-refractivity contribution in [3.63, 3.8) is 0 Å². The fraction of sp³-hybridized carbons (Fsp3) is 0.643. The molecule has 0 bridgehead atoms. The molecule has 1 aromatic heterocycles. The largest absolute Gasteiger partial charge is 0.363 e. The third kappa shape index (κ3) is 5.98. The van der Waals surface area contributed by atoms with Crippen LogP contribution in [0.1, 0.15) is 31.4 Å². The molecule has 3 nitrogen and oxygen atoms in total. The summed E-state index contributed by atoms with van der Waals surface area (Å²) in [5.74, 6) is 1.05. The van der Waals surface area contributed by atoms with E-state index in [1.807, 2.05) is 14.1 Å². The highest BCUT2D eigenvalue weighted by atomic mass is 35.5. The van der Waals surface area contributed by atoms with E-state index in [9.17, 15) is 0 Å². The number of hydrogen-bond donors (Lipinski definition) is 1. The SMILES string of the molecule is CN(C)c1cccc(CCC2CCCCN2)n1.Cl.Cl. The van der Waals surface area contributed by atoms with Crippen molar-refractivity contribution in [3.05, 3.63) is 23.9 Å². The van der Waals surface area contributed by atoms with Crippen LogP contribution < -0.4 is 10.2 Å². The van der Waals surface area contributed by atoms with E-state index in [0.717, 1.165) is 12.2 Å². The Balaban J connectivity index is 0.00000162. The number of aryl methyl sites for hydroxylation is 1. The number of anilines is 1. The molecule has 1 unspecified atom stereocenters. The standard InChI is InChI=1S/C14H23N3.2ClH/c1-17(2)14-8-5-7-13(16-14)10-9-12-6-3-4-11-15-12;;/h5,7-8,12,15H,3-4,6,9-11H2,1-2H3;2*1H. The summed E-state index contributed by atoms with van der Waals surface area (Å²) in [5.41, 5.74) is 1.21. The van der Waals surface area contributed by atoms with Gasteiger partial charge in [0.25, 0.3) is 0 Å². The Bertz CT molecular complexity index is 352. The van der Waals surface area contributed by atoms with E-state index in [2.05, 4.69) is 33.4 Å². The van der Waals surface area contributed by atoms with Crippen LogP contribution >= 0.6 is 24.8 Å². The zero-order valence-electron chi connectivity index (χ0n) is 11.8. The van der Waals surface area contributed by atoms with E-state index in [-0.39, 0.29) is 24.8 Å². The van der Waals surface area contributed by atoms with Gasteiger partial charge in [0.15, 0.2) is 0 Å². The molecule has 1 aromatic rings. The molecular formula is C14H25Cl2N3. The first kappa shape index (κ1) is 18.5. The molecule has 1 saturated heterocycles. The highest BCUT2D eigenvalue weighted by molar-refractivity contribution is 5.85. The number of halogens is 2. The summed E-state index contributed by atoms with van der Waals surface area (Å²) in [5, 5.41) is 3.59. The summed E-state index contributed by atoms with van der Waals surface area (Å²) < 4.78 is 0. The molecule has 0 aromatic carbocycles. The van der Waals surface area contributed by atoms with Crippen molar-refractivity contribution in [1.29, 1.82) is 0 Å². The monoisotopic (exact) mass is 305 g/mol. The molecule has 2 rings (SSSR count). The minimum absolute atomic E-state index is 0. The Labute approximate surface area is 129 Å². The van der Waals surface area contributed by atoms with Crippen molar-refractivity contribution >= 4 is 30.6 Å². The van der Waals surface area contributed by atoms with Crippen LogP contribution in [0.25, 0.3) is 0 Å². The predicted molar refractivity (Wildman–Crippen MR) is 87.0 cm³/mol. The topological polar surface area (TPSA) is 28.2 Å². The van der Waals surface area contributed by atoms with Crippen LogP contribution in [0.3, 0.4) is 0 Å². The molecule has 110 valence electrons. The van der Waals surface area contributed by atoms with Gasteiger partial charge < -0.3 is 10.2 Å². The number of pyridine rings is 1. The molecule has 0 spiro atoms. The number of nitrogens with one attached hydrogen (secondary N) is 1. The Morgan fingerprint density at radius 1 is 1.26 bits per heavy atom. The first-order chi connectivity index (χ1) is 8.25. The van der Waals surface area contributed by atoms with Gasteiger partial charge in [0.2, 0.25) is 0 Å². The van der Waals surface area contributed by atoms with E-state index < -0.39 is 0 Å². The first-order valence-electron chi connectivity index (χ1n) is 6.62. The van der Waals surface area contributed by atoms with Crippen LogP contribution in [0, 0.1) is 0 Å². The van der Waals surface area contributed by atoms with Gasteiger partial charge in [-0.15, -0.1) is 24.8 Å². The van der Waals surface area contributed by atoms with Gasteiger partial charge in [-0.3, -0.25) is 0 Å². The molecule has 5 heteroatoms. The van der Waals surface area contributed by atoms with E-state index in [0.29, 0.717) is 6.04 Å². The quantitative estimate of drug-likeness (QED) is 0.926. The Kier molecular flexibility index (Phi) is 9.15. The Morgan fingerprint density at radius 3 is 2.68 bits per heavy atom. The molecule has 0 amide bonds. The minimum Gasteiger partial charge on any atom is -0.363 e. The Hall–Kier alpha value is -0.510. The molecule has 0 radical (unpaired) electrons. The molecule has 1 N–H and O–H groups in total. The van der Waals surface area contributed by atoms with Crippen molar-refractivity contribution in [2.75, 3.05) is 25.5 Å². The molecular weight excluding hydrogens is 281 g/mol. The fourth-order valence-corrected chi connectivity index (χ4v) is 2.35. The average Bonchev–Trinajstić information content (AvgIpc) is 2.38. The van der Waals surface area contributed by atoms with Crippen molar-refractivity contribution in [2.24, 2.45) is 0 Å². The predicted octanol–water partition coefficient (Wildman–Crippen LogP) is 3.07. The van der Waals surface area contributed by atoms with Gasteiger partial charge in [-0.1, -0.05) is 12.5 Å². The molecule has 2 heterocycles. The number of piperidine rings is 1. The van der Waals surface area contributed by atoms with Gasteiger partial charge in [-0.25, -0.2) is 4.98 Å². The lowest BCUT2D eigenvalue weighted by Gasteiger charge is -2.23. The minimum atomic E-state index is 0. The summed E-state index contributed by atoms with van der Waals surface area (Å²) in [4.78, 5) is 6.71. The maximum absolute atomic E-state index is 4.65. The van der Waals surface area contributed by atoms with Crippen LogP contribution in [-0.2, 0) is 6.42 Å². The van der Waals surface area contributed by atoms with Crippen LogP contribution in [0.4, 0.5) is 5.82 Å². The lowest BCUT2D eigenvalue weighted by Crippen LogP contribution is -2.34. The van der Waals surface area contributed by atoms with Gasteiger partial charge in [0.1, 0.15) is 5.82 Å². The molecule has 1 fully saturated rings.